The second-order valence-electron chi connectivity index (χ2n) is 5.04. The minimum absolute atomic E-state index is 0.0539. The van der Waals surface area contributed by atoms with E-state index in [4.69, 9.17) is 0 Å². The topological polar surface area (TPSA) is 63.6 Å². The van der Waals surface area contributed by atoms with Crippen LogP contribution in [0.2, 0.25) is 0 Å². The zero-order valence-corrected chi connectivity index (χ0v) is 11.9. The zero-order chi connectivity index (χ0) is 14.0. The maximum Gasteiger partial charge on any atom is 0.254 e. The van der Waals surface area contributed by atoms with Gasteiger partial charge in [-0.25, -0.2) is 9.97 Å². The Bertz CT molecular complexity index is 625. The molecule has 0 saturated carbocycles. The summed E-state index contributed by atoms with van der Waals surface area (Å²) in [6, 6.07) is 0. The Morgan fingerprint density at radius 1 is 1.42 bits per heavy atom. The molecule has 0 aliphatic rings. The molecule has 2 heterocycles. The van der Waals surface area contributed by atoms with Crippen LogP contribution in [0.4, 0.5) is 0 Å². The van der Waals surface area contributed by atoms with Crippen LogP contribution in [0.25, 0.3) is 11.5 Å². The van der Waals surface area contributed by atoms with E-state index in [1.807, 2.05) is 25.3 Å². The van der Waals surface area contributed by atoms with Crippen LogP contribution in [-0.2, 0) is 6.54 Å². The Morgan fingerprint density at radius 3 is 2.74 bits per heavy atom. The van der Waals surface area contributed by atoms with Crippen LogP contribution in [0.3, 0.4) is 0 Å². The van der Waals surface area contributed by atoms with Gasteiger partial charge >= 0.3 is 0 Å². The van der Waals surface area contributed by atoms with Gasteiger partial charge in [-0.2, -0.15) is 0 Å². The molecule has 0 spiro atoms. The normalized spacial score (nSPS) is 11.2. The fraction of sp³-hybridized carbons (Fsp3) is 0.500. The summed E-state index contributed by atoms with van der Waals surface area (Å²) >= 11 is 0. The molecule has 0 fully saturated rings. The molecular weight excluding hydrogens is 240 g/mol. The molecule has 0 aliphatic carbocycles. The summed E-state index contributed by atoms with van der Waals surface area (Å²) in [4.78, 5) is 23.7. The molecule has 0 aliphatic heterocycles. The van der Waals surface area contributed by atoms with E-state index in [1.165, 1.54) is 0 Å². The predicted octanol–water partition coefficient (Wildman–Crippen LogP) is 2.48. The van der Waals surface area contributed by atoms with Crippen LogP contribution in [0, 0.1) is 6.92 Å². The van der Waals surface area contributed by atoms with Gasteiger partial charge in [0.25, 0.3) is 5.56 Å². The van der Waals surface area contributed by atoms with E-state index in [0.717, 1.165) is 29.9 Å². The Labute approximate surface area is 112 Å². The average Bonchev–Trinajstić information content (AvgIpc) is 2.76. The molecule has 0 aromatic carbocycles. The molecule has 102 valence electrons. The molecule has 2 aromatic rings. The molecule has 19 heavy (non-hydrogen) atoms. The molecule has 0 amide bonds. The van der Waals surface area contributed by atoms with Crippen LogP contribution in [0.1, 0.15) is 44.4 Å². The Balaban J connectivity index is 2.52. The third-order valence-corrected chi connectivity index (χ3v) is 3.14. The lowest BCUT2D eigenvalue weighted by molar-refractivity contribution is 0.680. The van der Waals surface area contributed by atoms with Gasteiger partial charge < -0.3 is 9.55 Å². The highest BCUT2D eigenvalue weighted by molar-refractivity contribution is 5.49. The van der Waals surface area contributed by atoms with Crippen molar-refractivity contribution in [3.8, 4) is 11.5 Å². The third kappa shape index (κ3) is 2.59. The summed E-state index contributed by atoms with van der Waals surface area (Å²) in [5.41, 5.74) is 2.35. The van der Waals surface area contributed by atoms with Crippen molar-refractivity contribution in [3.05, 3.63) is 34.1 Å². The standard InChI is InChI=1S/C14H20N4O/c1-5-6-18-8-15-7-11(18)13-16-10(4)12(9(2)3)14(19)17-13/h7-9H,5-6H2,1-4H3,(H,16,17,19). The average molecular weight is 260 g/mol. The number of hydrogen-bond donors (Lipinski definition) is 1. The molecular formula is C14H20N4O. The zero-order valence-electron chi connectivity index (χ0n) is 11.9. The lowest BCUT2D eigenvalue weighted by Crippen LogP contribution is -2.19. The fourth-order valence-corrected chi connectivity index (χ4v) is 2.33. The van der Waals surface area contributed by atoms with Gasteiger partial charge in [-0.3, -0.25) is 4.79 Å². The van der Waals surface area contributed by atoms with E-state index in [2.05, 4.69) is 21.9 Å². The summed E-state index contributed by atoms with van der Waals surface area (Å²) in [6.07, 6.45) is 4.52. The van der Waals surface area contributed by atoms with E-state index < -0.39 is 0 Å². The molecule has 0 saturated heterocycles. The lowest BCUT2D eigenvalue weighted by Gasteiger charge is -2.11. The maximum atomic E-state index is 12.1. The van der Waals surface area contributed by atoms with Crippen molar-refractivity contribution < 1.29 is 0 Å². The van der Waals surface area contributed by atoms with Crippen molar-refractivity contribution in [1.82, 2.24) is 19.5 Å². The Kier molecular flexibility index (Phi) is 3.83. The number of nitrogens with zero attached hydrogens (tertiary/aromatic N) is 3. The van der Waals surface area contributed by atoms with Gasteiger partial charge in [0, 0.05) is 17.8 Å². The SMILES string of the molecule is CCCn1cncc1-c1nc(C)c(C(C)C)c(=O)[nH]1. The number of aromatic nitrogens is 4. The molecule has 2 aromatic heterocycles. The Hall–Kier alpha value is -1.91. The van der Waals surface area contributed by atoms with Crippen molar-refractivity contribution in [3.63, 3.8) is 0 Å². The quantitative estimate of drug-likeness (QED) is 0.918. The highest BCUT2D eigenvalue weighted by atomic mass is 16.1. The number of imidazole rings is 1. The molecule has 0 atom stereocenters. The maximum absolute atomic E-state index is 12.1. The first-order valence-electron chi connectivity index (χ1n) is 6.65. The van der Waals surface area contributed by atoms with Crippen molar-refractivity contribution in [2.45, 2.75) is 46.6 Å². The minimum atomic E-state index is -0.0539. The number of H-pyrrole nitrogens is 1. The second-order valence-corrected chi connectivity index (χ2v) is 5.04. The predicted molar refractivity (Wildman–Crippen MR) is 75.2 cm³/mol. The molecule has 0 bridgehead atoms. The molecule has 0 radical (unpaired) electrons. The van der Waals surface area contributed by atoms with Crippen molar-refractivity contribution in [2.24, 2.45) is 0 Å². The van der Waals surface area contributed by atoms with Crippen molar-refractivity contribution >= 4 is 0 Å². The summed E-state index contributed by atoms with van der Waals surface area (Å²) in [7, 11) is 0. The smallest absolute Gasteiger partial charge is 0.254 e. The van der Waals surface area contributed by atoms with Gasteiger partial charge in [0.05, 0.1) is 12.5 Å². The fourth-order valence-electron chi connectivity index (χ4n) is 2.33. The summed E-state index contributed by atoms with van der Waals surface area (Å²) < 4.78 is 2.01. The van der Waals surface area contributed by atoms with Gasteiger partial charge in [0.1, 0.15) is 5.69 Å². The Morgan fingerprint density at radius 2 is 2.16 bits per heavy atom. The number of aromatic amines is 1. The number of hydrogen-bond acceptors (Lipinski definition) is 3. The first kappa shape index (κ1) is 13.5. The van der Waals surface area contributed by atoms with Gasteiger partial charge in [0.2, 0.25) is 0 Å². The minimum Gasteiger partial charge on any atom is -0.328 e. The second kappa shape index (κ2) is 5.38. The largest absolute Gasteiger partial charge is 0.328 e. The third-order valence-electron chi connectivity index (χ3n) is 3.14. The van der Waals surface area contributed by atoms with Gasteiger partial charge in [-0.1, -0.05) is 20.8 Å². The van der Waals surface area contributed by atoms with Gasteiger partial charge in [-0.15, -0.1) is 0 Å². The van der Waals surface area contributed by atoms with Crippen LogP contribution in [0.5, 0.6) is 0 Å². The monoisotopic (exact) mass is 260 g/mol. The highest BCUT2D eigenvalue weighted by Gasteiger charge is 2.14. The number of rotatable bonds is 4. The number of aryl methyl sites for hydroxylation is 2. The van der Waals surface area contributed by atoms with E-state index in [-0.39, 0.29) is 11.5 Å². The van der Waals surface area contributed by atoms with E-state index >= 15 is 0 Å². The molecule has 1 N–H and O–H groups in total. The summed E-state index contributed by atoms with van der Waals surface area (Å²) in [6.45, 7) is 8.85. The molecule has 0 unspecified atom stereocenters. The summed E-state index contributed by atoms with van der Waals surface area (Å²) in [5.74, 6) is 0.767. The van der Waals surface area contributed by atoms with Crippen molar-refractivity contribution in [1.29, 1.82) is 0 Å². The highest BCUT2D eigenvalue weighted by Crippen LogP contribution is 2.17. The number of nitrogens with one attached hydrogen (secondary N) is 1. The van der Waals surface area contributed by atoms with Crippen LogP contribution >= 0.6 is 0 Å². The van der Waals surface area contributed by atoms with Gasteiger partial charge in [-0.05, 0) is 19.3 Å². The van der Waals surface area contributed by atoms with E-state index in [0.29, 0.717) is 5.82 Å². The van der Waals surface area contributed by atoms with E-state index in [9.17, 15) is 4.79 Å². The van der Waals surface area contributed by atoms with E-state index in [1.54, 1.807) is 12.5 Å². The van der Waals surface area contributed by atoms with Gasteiger partial charge in [0.15, 0.2) is 5.82 Å². The molecule has 5 nitrogen and oxygen atoms in total. The van der Waals surface area contributed by atoms with Crippen LogP contribution in [0.15, 0.2) is 17.3 Å². The molecule has 5 heteroatoms. The first-order chi connectivity index (χ1) is 9.04. The summed E-state index contributed by atoms with van der Waals surface area (Å²) in [5, 5.41) is 0. The molecule has 2 rings (SSSR count). The lowest BCUT2D eigenvalue weighted by atomic mass is 10.0. The van der Waals surface area contributed by atoms with Crippen molar-refractivity contribution in [2.75, 3.05) is 0 Å². The van der Waals surface area contributed by atoms with Crippen LogP contribution in [-0.4, -0.2) is 19.5 Å². The van der Waals surface area contributed by atoms with Crippen LogP contribution < -0.4 is 5.56 Å². The first-order valence-corrected chi connectivity index (χ1v) is 6.65.